The first-order chi connectivity index (χ1) is 8.52. The highest BCUT2D eigenvalue weighted by atomic mass is 32.2. The summed E-state index contributed by atoms with van der Waals surface area (Å²) >= 11 is 0. The average molecular weight is 277 g/mol. The predicted octanol–water partition coefficient (Wildman–Crippen LogP) is -0.969. The molecule has 6 nitrogen and oxygen atoms in total. The lowest BCUT2D eigenvalue weighted by Gasteiger charge is -2.37. The van der Waals surface area contributed by atoms with E-state index in [0.29, 0.717) is 26.0 Å². The van der Waals surface area contributed by atoms with Gasteiger partial charge in [-0.1, -0.05) is 0 Å². The smallest absolute Gasteiger partial charge is 0.248 e. The Hall–Kier alpha value is -0.660. The molecule has 2 aliphatic rings. The van der Waals surface area contributed by atoms with E-state index in [4.69, 9.17) is 4.74 Å². The number of amides is 1. The van der Waals surface area contributed by atoms with E-state index in [1.807, 2.05) is 0 Å². The van der Waals surface area contributed by atoms with Crippen LogP contribution in [0.4, 0.5) is 0 Å². The van der Waals surface area contributed by atoms with Gasteiger partial charge in [0.05, 0.1) is 30.8 Å². The molecule has 0 aliphatic carbocycles. The van der Waals surface area contributed by atoms with Gasteiger partial charge in [0.15, 0.2) is 0 Å². The van der Waals surface area contributed by atoms with Gasteiger partial charge in [0.2, 0.25) is 5.91 Å². The third-order valence-corrected chi connectivity index (χ3v) is 5.35. The third-order valence-electron chi connectivity index (χ3n) is 3.64. The van der Waals surface area contributed by atoms with E-state index in [-0.39, 0.29) is 42.6 Å². The molecule has 0 spiro atoms. The van der Waals surface area contributed by atoms with Crippen LogP contribution in [0.1, 0.15) is 12.8 Å². The number of nitrogens with zero attached hydrogens (tertiary/aromatic N) is 1. The number of ether oxygens (including phenoxy) is 1. The van der Waals surface area contributed by atoms with E-state index in [0.717, 1.165) is 0 Å². The molecule has 2 fully saturated rings. The quantitative estimate of drug-likeness (QED) is 0.717. The van der Waals surface area contributed by atoms with Crippen LogP contribution in [0.3, 0.4) is 0 Å². The van der Waals surface area contributed by atoms with Gasteiger partial charge in [0.1, 0.15) is 16.4 Å². The van der Waals surface area contributed by atoms with Gasteiger partial charge < -0.3 is 14.7 Å². The van der Waals surface area contributed by atoms with E-state index in [9.17, 15) is 18.3 Å². The lowest BCUT2D eigenvalue weighted by molar-refractivity contribution is -0.151. The number of aliphatic hydroxyl groups excluding tert-OH is 1. The summed E-state index contributed by atoms with van der Waals surface area (Å²) in [4.78, 5) is 13.4. The summed E-state index contributed by atoms with van der Waals surface area (Å²) in [5.74, 6) is 0.512. The van der Waals surface area contributed by atoms with Crippen LogP contribution < -0.4 is 0 Å². The second-order valence-corrected chi connectivity index (χ2v) is 7.30. The molecule has 1 atom stereocenters. The Morgan fingerprint density at radius 2 is 2.00 bits per heavy atom. The van der Waals surface area contributed by atoms with Crippen molar-refractivity contribution in [3.8, 4) is 0 Å². The monoisotopic (exact) mass is 277 g/mol. The molecular weight excluding hydrogens is 258 g/mol. The number of hydrogen-bond donors (Lipinski definition) is 1. The van der Waals surface area contributed by atoms with Gasteiger partial charge in [0.25, 0.3) is 0 Å². The van der Waals surface area contributed by atoms with Crippen molar-refractivity contribution in [2.24, 2.45) is 5.92 Å². The number of carbonyl (C=O) groups excluding carboxylic acids is 1. The lowest BCUT2D eigenvalue weighted by atomic mass is 10.0. The van der Waals surface area contributed by atoms with E-state index in [1.165, 1.54) is 0 Å². The Labute approximate surface area is 107 Å². The normalized spacial score (nSPS) is 29.5. The second-order valence-electron chi connectivity index (χ2n) is 4.99. The zero-order chi connectivity index (χ0) is 13.2. The summed E-state index contributed by atoms with van der Waals surface area (Å²) in [7, 11) is -2.87. The molecule has 2 heterocycles. The molecule has 1 amide bonds. The number of hydrogen-bond acceptors (Lipinski definition) is 5. The SMILES string of the molecule is O=C1COCC(CO)N1CC1CCS(=O)(=O)CC1. The molecule has 0 aromatic rings. The maximum atomic E-state index is 11.7. The molecule has 1 unspecified atom stereocenters. The second kappa shape index (κ2) is 5.54. The number of morpholine rings is 1. The predicted molar refractivity (Wildman–Crippen MR) is 64.8 cm³/mol. The minimum Gasteiger partial charge on any atom is -0.394 e. The maximum Gasteiger partial charge on any atom is 0.248 e. The van der Waals surface area contributed by atoms with Gasteiger partial charge in [-0.3, -0.25) is 4.79 Å². The molecule has 0 radical (unpaired) electrons. The molecule has 104 valence electrons. The lowest BCUT2D eigenvalue weighted by Crippen LogP contribution is -2.53. The molecule has 7 heteroatoms. The van der Waals surface area contributed by atoms with Crippen LogP contribution in [0.5, 0.6) is 0 Å². The summed E-state index contributed by atoms with van der Waals surface area (Å²) in [5, 5.41) is 9.22. The van der Waals surface area contributed by atoms with Gasteiger partial charge in [0, 0.05) is 6.54 Å². The highest BCUT2D eigenvalue weighted by Crippen LogP contribution is 2.22. The number of sulfone groups is 1. The van der Waals surface area contributed by atoms with Gasteiger partial charge in [-0.25, -0.2) is 8.42 Å². The van der Waals surface area contributed by atoms with E-state index in [2.05, 4.69) is 0 Å². The molecule has 18 heavy (non-hydrogen) atoms. The van der Waals surface area contributed by atoms with Crippen LogP contribution in [0, 0.1) is 5.92 Å². The molecule has 2 aliphatic heterocycles. The summed E-state index contributed by atoms with van der Waals surface area (Å²) in [5.41, 5.74) is 0. The maximum absolute atomic E-state index is 11.7. The van der Waals surface area contributed by atoms with Gasteiger partial charge in [-0.05, 0) is 18.8 Å². The number of carbonyl (C=O) groups is 1. The standard InChI is InChI=1S/C11H19NO5S/c13-6-10-7-17-8-11(14)12(10)5-9-1-3-18(15,16)4-2-9/h9-10,13H,1-8H2. The fourth-order valence-corrected chi connectivity index (χ4v) is 4.05. The molecule has 2 saturated heterocycles. The first-order valence-corrected chi connectivity index (χ1v) is 8.02. The van der Waals surface area contributed by atoms with Crippen molar-refractivity contribution in [3.63, 3.8) is 0 Å². The van der Waals surface area contributed by atoms with Crippen LogP contribution in [0.15, 0.2) is 0 Å². The van der Waals surface area contributed by atoms with E-state index in [1.54, 1.807) is 4.90 Å². The van der Waals surface area contributed by atoms with Gasteiger partial charge in [-0.15, -0.1) is 0 Å². The largest absolute Gasteiger partial charge is 0.394 e. The molecule has 0 bridgehead atoms. The van der Waals surface area contributed by atoms with Gasteiger partial charge in [-0.2, -0.15) is 0 Å². The van der Waals surface area contributed by atoms with Crippen molar-refractivity contribution in [2.45, 2.75) is 18.9 Å². The van der Waals surface area contributed by atoms with E-state index < -0.39 is 9.84 Å². The summed E-state index contributed by atoms with van der Waals surface area (Å²) in [6, 6.07) is -0.287. The minimum absolute atomic E-state index is 0.0571. The molecule has 0 saturated carbocycles. The molecule has 0 aromatic carbocycles. The fraction of sp³-hybridized carbons (Fsp3) is 0.909. The molecule has 2 rings (SSSR count). The molecule has 0 aromatic heterocycles. The molecule has 1 N–H and O–H groups in total. The Balaban J connectivity index is 1.93. The number of aliphatic hydroxyl groups is 1. The Bertz CT molecular complexity index is 394. The Kier molecular flexibility index (Phi) is 4.24. The average Bonchev–Trinajstić information content (AvgIpc) is 2.34. The number of rotatable bonds is 3. The van der Waals surface area contributed by atoms with Crippen LogP contribution in [0.25, 0.3) is 0 Å². The summed E-state index contributed by atoms with van der Waals surface area (Å²) in [6.45, 7) is 0.828. The van der Waals surface area contributed by atoms with Crippen molar-refractivity contribution >= 4 is 15.7 Å². The minimum atomic E-state index is -2.87. The summed E-state index contributed by atoms with van der Waals surface area (Å²) in [6.07, 6.45) is 1.20. The van der Waals surface area contributed by atoms with Crippen LogP contribution in [0.2, 0.25) is 0 Å². The first kappa shape index (κ1) is 13.8. The summed E-state index contributed by atoms with van der Waals surface area (Å²) < 4.78 is 27.8. The highest BCUT2D eigenvalue weighted by molar-refractivity contribution is 7.91. The first-order valence-electron chi connectivity index (χ1n) is 6.20. The topological polar surface area (TPSA) is 83.9 Å². The third kappa shape index (κ3) is 3.21. The van der Waals surface area contributed by atoms with Crippen molar-refractivity contribution in [3.05, 3.63) is 0 Å². The van der Waals surface area contributed by atoms with E-state index >= 15 is 0 Å². The van der Waals surface area contributed by atoms with Crippen LogP contribution in [-0.4, -0.2) is 68.2 Å². The van der Waals surface area contributed by atoms with Crippen molar-refractivity contribution in [1.29, 1.82) is 0 Å². The Morgan fingerprint density at radius 1 is 1.33 bits per heavy atom. The fourth-order valence-electron chi connectivity index (χ4n) is 2.46. The molecular formula is C11H19NO5S. The van der Waals surface area contributed by atoms with Gasteiger partial charge >= 0.3 is 0 Å². The van der Waals surface area contributed by atoms with Crippen LogP contribution >= 0.6 is 0 Å². The highest BCUT2D eigenvalue weighted by Gasteiger charge is 2.32. The Morgan fingerprint density at radius 3 is 2.61 bits per heavy atom. The van der Waals surface area contributed by atoms with Crippen LogP contribution in [-0.2, 0) is 19.4 Å². The zero-order valence-electron chi connectivity index (χ0n) is 10.2. The zero-order valence-corrected chi connectivity index (χ0v) is 11.1. The van der Waals surface area contributed by atoms with Crippen molar-refractivity contribution in [2.75, 3.05) is 37.9 Å². The van der Waals surface area contributed by atoms with Crippen molar-refractivity contribution < 1.29 is 23.1 Å². The van der Waals surface area contributed by atoms with Crippen molar-refractivity contribution in [1.82, 2.24) is 4.90 Å².